The summed E-state index contributed by atoms with van der Waals surface area (Å²) < 4.78 is 5.78. The quantitative estimate of drug-likeness (QED) is 0.561. The molecule has 0 spiro atoms. The van der Waals surface area contributed by atoms with Crippen molar-refractivity contribution in [2.75, 3.05) is 0 Å². The summed E-state index contributed by atoms with van der Waals surface area (Å²) in [6.07, 6.45) is 5.39. The summed E-state index contributed by atoms with van der Waals surface area (Å²) in [6, 6.07) is 17.8. The first-order valence-corrected chi connectivity index (χ1v) is 5.42. The smallest absolute Gasteiger partial charge is 0.135 e. The van der Waals surface area contributed by atoms with E-state index in [2.05, 4.69) is 5.92 Å². The zero-order valence-electron chi connectivity index (χ0n) is 9.18. The van der Waals surface area contributed by atoms with Crippen LogP contribution >= 0.6 is 0 Å². The van der Waals surface area contributed by atoms with Crippen molar-refractivity contribution in [1.29, 1.82) is 0 Å². The second-order valence-electron chi connectivity index (χ2n) is 3.87. The van der Waals surface area contributed by atoms with Crippen molar-refractivity contribution in [1.82, 2.24) is 0 Å². The number of benzene rings is 2. The maximum absolute atomic E-state index is 5.78. The summed E-state index contributed by atoms with van der Waals surface area (Å²) >= 11 is 0. The molecular weight excluding hydrogens is 208 g/mol. The highest BCUT2D eigenvalue weighted by Crippen LogP contribution is 2.27. The summed E-state index contributed by atoms with van der Waals surface area (Å²) in [6.45, 7) is 0. The van der Waals surface area contributed by atoms with E-state index in [0.29, 0.717) is 0 Å². The van der Waals surface area contributed by atoms with Gasteiger partial charge in [0.15, 0.2) is 0 Å². The largest absolute Gasteiger partial charge is 0.456 e. The number of furan rings is 1. The molecule has 0 saturated heterocycles. The summed E-state index contributed by atoms with van der Waals surface area (Å²) in [5, 5.41) is 1.11. The Morgan fingerprint density at radius 1 is 0.941 bits per heavy atom. The number of para-hydroxylation sites is 1. The Balaban J connectivity index is 2.17. The highest BCUT2D eigenvalue weighted by Gasteiger charge is 2.05. The van der Waals surface area contributed by atoms with Gasteiger partial charge in [-0.15, -0.1) is 6.42 Å². The Morgan fingerprint density at radius 3 is 2.65 bits per heavy atom. The molecule has 80 valence electrons. The van der Waals surface area contributed by atoms with Gasteiger partial charge in [-0.2, -0.15) is 0 Å². The average molecular weight is 218 g/mol. The summed E-state index contributed by atoms with van der Waals surface area (Å²) in [7, 11) is 0. The Bertz CT molecular complexity index is 680. The number of rotatable bonds is 1. The lowest BCUT2D eigenvalue weighted by atomic mass is 10.1. The third-order valence-corrected chi connectivity index (χ3v) is 2.74. The van der Waals surface area contributed by atoms with Crippen molar-refractivity contribution in [2.24, 2.45) is 0 Å². The molecule has 3 aromatic rings. The van der Waals surface area contributed by atoms with E-state index in [1.807, 2.05) is 54.6 Å². The van der Waals surface area contributed by atoms with Crippen LogP contribution in [0.3, 0.4) is 0 Å². The zero-order valence-corrected chi connectivity index (χ0v) is 9.18. The normalized spacial score (nSPS) is 10.3. The van der Waals surface area contributed by atoms with Crippen LogP contribution in [-0.2, 0) is 0 Å². The van der Waals surface area contributed by atoms with Gasteiger partial charge in [-0.25, -0.2) is 0 Å². The highest BCUT2D eigenvalue weighted by atomic mass is 16.3. The summed E-state index contributed by atoms with van der Waals surface area (Å²) in [5.41, 5.74) is 2.77. The van der Waals surface area contributed by atoms with E-state index >= 15 is 0 Å². The fraction of sp³-hybridized carbons (Fsp3) is 0. The maximum Gasteiger partial charge on any atom is 0.135 e. The molecule has 17 heavy (non-hydrogen) atoms. The summed E-state index contributed by atoms with van der Waals surface area (Å²) in [5.74, 6) is 3.48. The van der Waals surface area contributed by atoms with E-state index in [9.17, 15) is 0 Å². The molecular formula is C16H10O. The maximum atomic E-state index is 5.78. The SMILES string of the molecule is C#Cc1cccc(-c2cc3ccccc3o2)c1. The molecule has 0 bridgehead atoms. The molecule has 0 aliphatic rings. The predicted octanol–water partition coefficient (Wildman–Crippen LogP) is 4.08. The van der Waals surface area contributed by atoms with Crippen LogP contribution in [0, 0.1) is 12.3 Å². The van der Waals surface area contributed by atoms with Gasteiger partial charge in [-0.3, -0.25) is 0 Å². The second-order valence-corrected chi connectivity index (χ2v) is 3.87. The molecule has 0 atom stereocenters. The highest BCUT2D eigenvalue weighted by molar-refractivity contribution is 5.82. The van der Waals surface area contributed by atoms with Crippen molar-refractivity contribution < 1.29 is 4.42 Å². The molecule has 0 N–H and O–H groups in total. The zero-order chi connectivity index (χ0) is 11.7. The van der Waals surface area contributed by atoms with Gasteiger partial charge in [0.05, 0.1) is 0 Å². The molecule has 1 aromatic heterocycles. The van der Waals surface area contributed by atoms with E-state index in [1.165, 1.54) is 0 Å². The van der Waals surface area contributed by atoms with E-state index in [4.69, 9.17) is 10.8 Å². The van der Waals surface area contributed by atoms with Crippen molar-refractivity contribution in [3.63, 3.8) is 0 Å². The molecule has 0 amide bonds. The first-order valence-electron chi connectivity index (χ1n) is 5.42. The van der Waals surface area contributed by atoms with Crippen LogP contribution in [0.15, 0.2) is 59.0 Å². The fourth-order valence-electron chi connectivity index (χ4n) is 1.89. The minimum absolute atomic E-state index is 0.850. The van der Waals surface area contributed by atoms with Gasteiger partial charge in [0.1, 0.15) is 11.3 Å². The van der Waals surface area contributed by atoms with E-state index in [1.54, 1.807) is 0 Å². The second kappa shape index (κ2) is 3.84. The minimum Gasteiger partial charge on any atom is -0.456 e. The molecule has 1 nitrogen and oxygen atoms in total. The van der Waals surface area contributed by atoms with Crippen molar-refractivity contribution in [2.45, 2.75) is 0 Å². The van der Waals surface area contributed by atoms with Gasteiger partial charge in [0.2, 0.25) is 0 Å². The summed E-state index contributed by atoms with van der Waals surface area (Å²) in [4.78, 5) is 0. The van der Waals surface area contributed by atoms with Crippen LogP contribution < -0.4 is 0 Å². The first kappa shape index (κ1) is 9.74. The van der Waals surface area contributed by atoms with Crippen LogP contribution in [0.1, 0.15) is 5.56 Å². The van der Waals surface area contributed by atoms with Crippen LogP contribution in [0.4, 0.5) is 0 Å². The Kier molecular flexibility index (Phi) is 2.20. The number of hydrogen-bond donors (Lipinski definition) is 0. The van der Waals surface area contributed by atoms with Gasteiger partial charge in [0.25, 0.3) is 0 Å². The molecule has 0 radical (unpaired) electrons. The molecule has 0 aliphatic heterocycles. The van der Waals surface area contributed by atoms with E-state index in [0.717, 1.165) is 27.9 Å². The van der Waals surface area contributed by atoms with Crippen molar-refractivity contribution in [3.05, 3.63) is 60.2 Å². The number of fused-ring (bicyclic) bond motifs is 1. The average Bonchev–Trinajstić information content (AvgIpc) is 2.82. The van der Waals surface area contributed by atoms with E-state index in [-0.39, 0.29) is 0 Å². The molecule has 2 aromatic carbocycles. The van der Waals surface area contributed by atoms with Gasteiger partial charge < -0.3 is 4.42 Å². The Labute approximate surface area is 99.7 Å². The topological polar surface area (TPSA) is 13.1 Å². The standard InChI is InChI=1S/C16H10O/c1-2-12-6-5-8-13(10-12)16-11-14-7-3-4-9-15(14)17-16/h1,3-11H. The molecule has 3 rings (SSSR count). The third-order valence-electron chi connectivity index (χ3n) is 2.74. The minimum atomic E-state index is 0.850. The lowest BCUT2D eigenvalue weighted by Crippen LogP contribution is -1.76. The van der Waals surface area contributed by atoms with Crippen LogP contribution in [-0.4, -0.2) is 0 Å². The van der Waals surface area contributed by atoms with Gasteiger partial charge >= 0.3 is 0 Å². The van der Waals surface area contributed by atoms with Crippen LogP contribution in [0.5, 0.6) is 0 Å². The monoisotopic (exact) mass is 218 g/mol. The Hall–Kier alpha value is -2.46. The first-order chi connectivity index (χ1) is 8.36. The molecule has 1 heteroatoms. The van der Waals surface area contributed by atoms with Gasteiger partial charge in [-0.05, 0) is 24.3 Å². The van der Waals surface area contributed by atoms with Crippen LogP contribution in [0.2, 0.25) is 0 Å². The van der Waals surface area contributed by atoms with Crippen molar-refractivity contribution in [3.8, 4) is 23.7 Å². The van der Waals surface area contributed by atoms with E-state index < -0.39 is 0 Å². The van der Waals surface area contributed by atoms with Crippen molar-refractivity contribution >= 4 is 11.0 Å². The van der Waals surface area contributed by atoms with Crippen LogP contribution in [0.25, 0.3) is 22.3 Å². The molecule has 0 fully saturated rings. The number of terminal acetylenes is 1. The molecule has 0 saturated carbocycles. The Morgan fingerprint density at radius 2 is 1.82 bits per heavy atom. The third kappa shape index (κ3) is 1.70. The lowest BCUT2D eigenvalue weighted by Gasteiger charge is -1.96. The fourth-order valence-corrected chi connectivity index (χ4v) is 1.89. The van der Waals surface area contributed by atoms with Gasteiger partial charge in [-0.1, -0.05) is 36.3 Å². The molecule has 0 unspecified atom stereocenters. The molecule has 1 heterocycles. The predicted molar refractivity (Wildman–Crippen MR) is 69.6 cm³/mol. The molecule has 0 aliphatic carbocycles. The number of hydrogen-bond acceptors (Lipinski definition) is 1. The van der Waals surface area contributed by atoms with Gasteiger partial charge in [0, 0.05) is 16.5 Å². The lowest BCUT2D eigenvalue weighted by molar-refractivity contribution is 0.631.